The number of anilines is 1. The monoisotopic (exact) mass is 545 g/mol. The standard InChI is InChI=1S/C31H39N5O4/c1-7-34-9-11-35(12-10-34)30-32-17-21(18-33-30)23-13-20-14-28(31(3,4)5)36-19-24(29(38)40-8-2)26(37)16-25(36)22(20)15-27(23)39-6/h13,15-19,28H,7-12,14H2,1-6H3. The summed E-state index contributed by atoms with van der Waals surface area (Å²) in [5, 5.41) is 0. The van der Waals surface area contributed by atoms with Crippen molar-refractivity contribution in [2.75, 3.05) is 51.3 Å². The first-order chi connectivity index (χ1) is 19.1. The Kier molecular flexibility index (Phi) is 7.68. The molecule has 40 heavy (non-hydrogen) atoms. The first-order valence-electron chi connectivity index (χ1n) is 14.1. The second kappa shape index (κ2) is 11.0. The fourth-order valence-corrected chi connectivity index (χ4v) is 5.73. The molecule has 5 rings (SSSR count). The Balaban J connectivity index is 1.55. The molecule has 1 atom stereocenters. The third kappa shape index (κ3) is 5.22. The third-order valence-electron chi connectivity index (χ3n) is 8.08. The first-order valence-corrected chi connectivity index (χ1v) is 14.1. The summed E-state index contributed by atoms with van der Waals surface area (Å²) in [5.41, 5.74) is 4.15. The number of carbonyl (C=O) groups is 1. The van der Waals surface area contributed by atoms with Gasteiger partial charge in [-0.3, -0.25) is 4.79 Å². The Labute approximate surface area is 235 Å². The molecule has 0 N–H and O–H groups in total. The Morgan fingerprint density at radius 3 is 2.33 bits per heavy atom. The van der Waals surface area contributed by atoms with Crippen LogP contribution >= 0.6 is 0 Å². The van der Waals surface area contributed by atoms with Gasteiger partial charge in [0.15, 0.2) is 5.43 Å². The molecule has 212 valence electrons. The van der Waals surface area contributed by atoms with Crippen LogP contribution in [0.2, 0.25) is 0 Å². The van der Waals surface area contributed by atoms with E-state index in [9.17, 15) is 9.59 Å². The van der Waals surface area contributed by atoms with E-state index >= 15 is 0 Å². The summed E-state index contributed by atoms with van der Waals surface area (Å²) in [5.74, 6) is 0.828. The number of piperazine rings is 1. The Morgan fingerprint density at radius 2 is 1.73 bits per heavy atom. The van der Waals surface area contributed by atoms with Crippen molar-refractivity contribution in [3.8, 4) is 28.1 Å². The number of hydrogen-bond donors (Lipinski definition) is 0. The quantitative estimate of drug-likeness (QED) is 0.420. The minimum absolute atomic E-state index is 0.0189. The molecular formula is C31H39N5O4. The molecule has 0 radical (unpaired) electrons. The fraction of sp³-hybridized carbons (Fsp3) is 0.484. The van der Waals surface area contributed by atoms with Gasteiger partial charge < -0.3 is 23.8 Å². The molecule has 9 heteroatoms. The number of aromatic nitrogens is 3. The Bertz CT molecular complexity index is 1450. The van der Waals surface area contributed by atoms with E-state index in [1.807, 2.05) is 18.5 Å². The van der Waals surface area contributed by atoms with Gasteiger partial charge in [-0.15, -0.1) is 0 Å². The molecule has 2 aromatic heterocycles. The van der Waals surface area contributed by atoms with Gasteiger partial charge in [0.2, 0.25) is 5.95 Å². The molecule has 1 aromatic carbocycles. The summed E-state index contributed by atoms with van der Waals surface area (Å²) in [6, 6.07) is 5.69. The van der Waals surface area contributed by atoms with E-state index in [0.29, 0.717) is 5.75 Å². The summed E-state index contributed by atoms with van der Waals surface area (Å²) in [6.07, 6.45) is 6.14. The molecule has 1 fully saturated rings. The zero-order valence-corrected chi connectivity index (χ0v) is 24.4. The number of fused-ring (bicyclic) bond motifs is 3. The number of nitrogens with zero attached hydrogens (tertiary/aromatic N) is 5. The van der Waals surface area contributed by atoms with Crippen LogP contribution in [0.15, 0.2) is 41.6 Å². The SMILES string of the molecule is CCOC(=O)c1cn2c(cc1=O)-c1cc(OC)c(-c3cnc(N4CCN(CC)CC4)nc3)cc1CC2C(C)(C)C. The van der Waals surface area contributed by atoms with Gasteiger partial charge in [0.25, 0.3) is 0 Å². The number of esters is 1. The van der Waals surface area contributed by atoms with E-state index in [2.05, 4.69) is 48.1 Å². The number of hydrogen-bond acceptors (Lipinski definition) is 8. The zero-order chi connectivity index (χ0) is 28.6. The molecule has 0 saturated carbocycles. The predicted octanol–water partition coefficient (Wildman–Crippen LogP) is 4.44. The van der Waals surface area contributed by atoms with Crippen LogP contribution in [0.3, 0.4) is 0 Å². The molecule has 1 saturated heterocycles. The van der Waals surface area contributed by atoms with Gasteiger partial charge >= 0.3 is 5.97 Å². The van der Waals surface area contributed by atoms with E-state index in [1.165, 1.54) is 0 Å². The van der Waals surface area contributed by atoms with Crippen molar-refractivity contribution < 1.29 is 14.3 Å². The summed E-state index contributed by atoms with van der Waals surface area (Å²) in [6.45, 7) is 15.6. The van der Waals surface area contributed by atoms with Crippen molar-refractivity contribution in [1.82, 2.24) is 19.4 Å². The maximum Gasteiger partial charge on any atom is 0.343 e. The van der Waals surface area contributed by atoms with Gasteiger partial charge in [-0.2, -0.15) is 0 Å². The number of ether oxygens (including phenoxy) is 2. The Hall–Kier alpha value is -3.72. The van der Waals surface area contributed by atoms with Crippen LogP contribution in [0, 0.1) is 5.41 Å². The average molecular weight is 546 g/mol. The predicted molar refractivity (Wildman–Crippen MR) is 156 cm³/mol. The van der Waals surface area contributed by atoms with Gasteiger partial charge in [0.05, 0.1) is 19.4 Å². The number of methoxy groups -OCH3 is 1. The van der Waals surface area contributed by atoms with E-state index in [0.717, 1.165) is 73.0 Å². The summed E-state index contributed by atoms with van der Waals surface area (Å²) in [7, 11) is 1.64. The molecular weight excluding hydrogens is 506 g/mol. The van der Waals surface area contributed by atoms with Gasteiger partial charge in [0, 0.05) is 73.6 Å². The zero-order valence-electron chi connectivity index (χ0n) is 24.4. The molecule has 0 aliphatic carbocycles. The van der Waals surface area contributed by atoms with Gasteiger partial charge in [-0.25, -0.2) is 14.8 Å². The number of rotatable bonds is 6. The second-order valence-electron chi connectivity index (χ2n) is 11.6. The normalized spacial score (nSPS) is 17.2. The van der Waals surface area contributed by atoms with Crippen LogP contribution in [0.5, 0.6) is 5.75 Å². The number of benzene rings is 1. The minimum atomic E-state index is -0.593. The smallest absolute Gasteiger partial charge is 0.343 e. The number of likely N-dealkylation sites (N-methyl/N-ethyl adjacent to an activating group) is 1. The minimum Gasteiger partial charge on any atom is -0.496 e. The average Bonchev–Trinajstić information content (AvgIpc) is 2.95. The first kappa shape index (κ1) is 27.8. The lowest BCUT2D eigenvalue weighted by atomic mass is 9.78. The molecule has 3 aromatic rings. The maximum absolute atomic E-state index is 13.0. The molecule has 1 unspecified atom stereocenters. The van der Waals surface area contributed by atoms with Crippen molar-refractivity contribution >= 4 is 11.9 Å². The highest BCUT2D eigenvalue weighted by Crippen LogP contribution is 2.45. The lowest BCUT2D eigenvalue weighted by Crippen LogP contribution is -2.46. The topological polar surface area (TPSA) is 89.8 Å². The van der Waals surface area contributed by atoms with Crippen LogP contribution in [-0.4, -0.2) is 71.8 Å². The fourth-order valence-electron chi connectivity index (χ4n) is 5.73. The lowest BCUT2D eigenvalue weighted by Gasteiger charge is -2.39. The van der Waals surface area contributed by atoms with Gasteiger partial charge in [0.1, 0.15) is 11.3 Å². The highest BCUT2D eigenvalue weighted by molar-refractivity contribution is 5.89. The molecule has 0 spiro atoms. The van der Waals surface area contributed by atoms with E-state index in [-0.39, 0.29) is 29.1 Å². The van der Waals surface area contributed by atoms with Crippen LogP contribution < -0.4 is 15.1 Å². The van der Waals surface area contributed by atoms with Crippen LogP contribution in [-0.2, 0) is 11.2 Å². The largest absolute Gasteiger partial charge is 0.496 e. The number of carbonyl (C=O) groups excluding carboxylic acids is 1. The van der Waals surface area contributed by atoms with Crippen molar-refractivity contribution in [1.29, 1.82) is 0 Å². The van der Waals surface area contributed by atoms with Crippen LogP contribution in [0.4, 0.5) is 5.95 Å². The van der Waals surface area contributed by atoms with Gasteiger partial charge in [-0.1, -0.05) is 27.7 Å². The highest BCUT2D eigenvalue weighted by atomic mass is 16.5. The van der Waals surface area contributed by atoms with Crippen LogP contribution in [0.1, 0.15) is 56.6 Å². The molecule has 0 amide bonds. The van der Waals surface area contributed by atoms with Crippen molar-refractivity contribution in [2.24, 2.45) is 5.41 Å². The summed E-state index contributed by atoms with van der Waals surface area (Å²) < 4.78 is 13.1. The van der Waals surface area contributed by atoms with Crippen molar-refractivity contribution in [2.45, 2.75) is 47.1 Å². The molecule has 2 aliphatic heterocycles. The molecule has 0 bridgehead atoms. The van der Waals surface area contributed by atoms with Crippen LogP contribution in [0.25, 0.3) is 22.4 Å². The van der Waals surface area contributed by atoms with Crippen molar-refractivity contribution in [3.63, 3.8) is 0 Å². The van der Waals surface area contributed by atoms with Gasteiger partial charge in [-0.05, 0) is 43.0 Å². The summed E-state index contributed by atoms with van der Waals surface area (Å²) in [4.78, 5) is 39.7. The maximum atomic E-state index is 13.0. The molecule has 4 heterocycles. The summed E-state index contributed by atoms with van der Waals surface area (Å²) >= 11 is 0. The Morgan fingerprint density at radius 1 is 1.02 bits per heavy atom. The van der Waals surface area contributed by atoms with Crippen molar-refractivity contribution in [3.05, 3.63) is 58.1 Å². The third-order valence-corrected chi connectivity index (χ3v) is 8.08. The second-order valence-corrected chi connectivity index (χ2v) is 11.6. The van der Waals surface area contributed by atoms with E-state index < -0.39 is 5.97 Å². The van der Waals surface area contributed by atoms with E-state index in [1.54, 1.807) is 26.3 Å². The molecule has 9 nitrogen and oxygen atoms in total. The molecule has 2 aliphatic rings. The van der Waals surface area contributed by atoms with E-state index in [4.69, 9.17) is 19.4 Å². The number of pyridine rings is 1. The highest BCUT2D eigenvalue weighted by Gasteiger charge is 2.34. The lowest BCUT2D eigenvalue weighted by molar-refractivity contribution is 0.0523.